The zero-order valence-corrected chi connectivity index (χ0v) is 15.4. The Balaban J connectivity index is 2.06. The lowest BCUT2D eigenvalue weighted by Crippen LogP contribution is -2.19. The second kappa shape index (κ2) is 8.14. The van der Waals surface area contributed by atoms with Crippen LogP contribution >= 0.6 is 0 Å². The Morgan fingerprint density at radius 2 is 1.90 bits per heavy atom. The first kappa shape index (κ1) is 20.1. The van der Waals surface area contributed by atoms with Crippen LogP contribution in [-0.4, -0.2) is 16.0 Å². The minimum Gasteiger partial charge on any atom is -0.353 e. The summed E-state index contributed by atoms with van der Waals surface area (Å²) < 4.78 is 40.2. The molecule has 0 radical (unpaired) electrons. The van der Waals surface area contributed by atoms with E-state index in [9.17, 15) is 18.0 Å². The van der Waals surface area contributed by atoms with Crippen LogP contribution in [-0.2, 0) is 6.18 Å². The van der Waals surface area contributed by atoms with Crippen LogP contribution in [0.15, 0.2) is 71.7 Å². The summed E-state index contributed by atoms with van der Waals surface area (Å²) in [4.78, 5) is 12.4. The predicted octanol–water partition coefficient (Wildman–Crippen LogP) is 4.66. The second-order valence-electron chi connectivity index (χ2n) is 6.21. The number of anilines is 1. The molecule has 0 aliphatic rings. The molecule has 0 atom stereocenters. The minimum absolute atomic E-state index is 0.0170. The molecular weight excluding hydrogens is 381 g/mol. The molecule has 148 valence electrons. The van der Waals surface area contributed by atoms with E-state index in [0.29, 0.717) is 0 Å². The molecule has 0 fully saturated rings. The van der Waals surface area contributed by atoms with Crippen LogP contribution in [0.3, 0.4) is 0 Å². The number of para-hydroxylation sites is 1. The van der Waals surface area contributed by atoms with Gasteiger partial charge in [0.25, 0.3) is 0 Å². The van der Waals surface area contributed by atoms with Crippen molar-refractivity contribution in [3.05, 3.63) is 93.9 Å². The average Bonchev–Trinajstić information content (AvgIpc) is 2.69. The summed E-state index contributed by atoms with van der Waals surface area (Å²) in [6, 6.07) is 13.2. The highest BCUT2D eigenvalue weighted by Crippen LogP contribution is 2.30. The lowest BCUT2D eigenvalue weighted by Gasteiger charge is -2.14. The molecule has 0 aliphatic heterocycles. The highest BCUT2D eigenvalue weighted by atomic mass is 19.4. The molecule has 2 aromatic carbocycles. The first-order valence-electron chi connectivity index (χ1n) is 8.61. The van der Waals surface area contributed by atoms with Crippen molar-refractivity contribution in [2.75, 3.05) is 5.32 Å². The van der Waals surface area contributed by atoms with Gasteiger partial charge in [-0.2, -0.15) is 18.3 Å². The SMILES string of the molecule is Cc1ccccc1N/C(=C\C=N)c1nn(-c2cccc(C(F)(F)F)c2)ccc1=O. The van der Waals surface area contributed by atoms with Crippen LogP contribution in [0.25, 0.3) is 11.4 Å². The van der Waals surface area contributed by atoms with E-state index >= 15 is 0 Å². The molecule has 2 N–H and O–H groups in total. The van der Waals surface area contributed by atoms with Crippen molar-refractivity contribution in [1.29, 1.82) is 5.41 Å². The van der Waals surface area contributed by atoms with Gasteiger partial charge in [0.15, 0.2) is 5.69 Å². The number of allylic oxidation sites excluding steroid dienone is 1. The summed E-state index contributed by atoms with van der Waals surface area (Å²) in [6.07, 6.45) is -0.817. The van der Waals surface area contributed by atoms with Crippen LogP contribution < -0.4 is 10.7 Å². The Hall–Kier alpha value is -3.68. The van der Waals surface area contributed by atoms with E-state index in [1.807, 2.05) is 25.1 Å². The average molecular weight is 398 g/mol. The van der Waals surface area contributed by atoms with E-state index in [1.54, 1.807) is 6.07 Å². The maximum absolute atomic E-state index is 13.0. The largest absolute Gasteiger partial charge is 0.416 e. The number of hydrogen-bond donors (Lipinski definition) is 2. The number of aromatic nitrogens is 2. The van der Waals surface area contributed by atoms with Crippen molar-refractivity contribution in [2.45, 2.75) is 13.1 Å². The van der Waals surface area contributed by atoms with E-state index in [1.165, 1.54) is 35.2 Å². The Morgan fingerprint density at radius 3 is 2.59 bits per heavy atom. The predicted molar refractivity (Wildman–Crippen MR) is 106 cm³/mol. The van der Waals surface area contributed by atoms with E-state index < -0.39 is 17.2 Å². The number of aryl methyl sites for hydroxylation is 1. The fourth-order valence-electron chi connectivity index (χ4n) is 2.68. The maximum Gasteiger partial charge on any atom is 0.416 e. The zero-order chi connectivity index (χ0) is 21.0. The van der Waals surface area contributed by atoms with E-state index in [0.717, 1.165) is 29.6 Å². The first-order valence-corrected chi connectivity index (χ1v) is 8.61. The standard InChI is InChI=1S/C21H17F3N4O/c1-14-5-2-3-8-17(14)26-18(9-11-25)20-19(29)10-12-28(27-20)16-7-4-6-15(13-16)21(22,23)24/h2-13,25-26H,1H3/b18-9-,25-11?. The normalized spacial score (nSPS) is 11.9. The van der Waals surface area contributed by atoms with Gasteiger partial charge in [0.1, 0.15) is 0 Å². The molecule has 29 heavy (non-hydrogen) atoms. The minimum atomic E-state index is -4.49. The van der Waals surface area contributed by atoms with Crippen molar-refractivity contribution in [2.24, 2.45) is 0 Å². The molecular formula is C21H17F3N4O. The van der Waals surface area contributed by atoms with Crippen LogP contribution in [0, 0.1) is 12.3 Å². The quantitative estimate of drug-likeness (QED) is 0.614. The number of benzene rings is 2. The summed E-state index contributed by atoms with van der Waals surface area (Å²) in [5.41, 5.74) is 0.796. The number of nitrogens with one attached hydrogen (secondary N) is 2. The van der Waals surface area contributed by atoms with Gasteiger partial charge in [-0.1, -0.05) is 24.3 Å². The van der Waals surface area contributed by atoms with Crippen LogP contribution in [0.4, 0.5) is 18.9 Å². The Bertz CT molecular complexity index is 1130. The summed E-state index contributed by atoms with van der Waals surface area (Å²) in [5, 5.41) is 14.7. The van der Waals surface area contributed by atoms with Crippen molar-refractivity contribution in [3.63, 3.8) is 0 Å². The number of hydrogen-bond acceptors (Lipinski definition) is 4. The Morgan fingerprint density at radius 1 is 1.14 bits per heavy atom. The molecule has 1 heterocycles. The third kappa shape index (κ3) is 4.60. The molecule has 3 aromatic rings. The lowest BCUT2D eigenvalue weighted by molar-refractivity contribution is -0.137. The molecule has 0 spiro atoms. The van der Waals surface area contributed by atoms with Crippen LogP contribution in [0.2, 0.25) is 0 Å². The van der Waals surface area contributed by atoms with E-state index in [-0.39, 0.29) is 17.1 Å². The Kier molecular flexibility index (Phi) is 5.63. The van der Waals surface area contributed by atoms with Gasteiger partial charge in [-0.3, -0.25) is 4.79 Å². The van der Waals surface area contributed by atoms with Crippen molar-refractivity contribution >= 4 is 17.6 Å². The fraction of sp³-hybridized carbons (Fsp3) is 0.0952. The third-order valence-corrected chi connectivity index (χ3v) is 4.17. The van der Waals surface area contributed by atoms with Gasteiger partial charge in [-0.05, 0) is 42.8 Å². The highest BCUT2D eigenvalue weighted by molar-refractivity contribution is 5.87. The third-order valence-electron chi connectivity index (χ3n) is 4.17. The molecule has 0 saturated heterocycles. The number of halogens is 3. The van der Waals surface area contributed by atoms with Crippen molar-refractivity contribution in [1.82, 2.24) is 9.78 Å². The van der Waals surface area contributed by atoms with Crippen LogP contribution in [0.1, 0.15) is 16.8 Å². The number of rotatable bonds is 5. The van der Waals surface area contributed by atoms with Crippen molar-refractivity contribution in [3.8, 4) is 5.69 Å². The molecule has 0 amide bonds. The van der Waals surface area contributed by atoms with Gasteiger partial charge in [-0.15, -0.1) is 0 Å². The molecule has 0 bridgehead atoms. The van der Waals surface area contributed by atoms with Gasteiger partial charge in [0, 0.05) is 24.2 Å². The monoisotopic (exact) mass is 398 g/mol. The van der Waals surface area contributed by atoms with Gasteiger partial charge >= 0.3 is 6.18 Å². The number of alkyl halides is 3. The molecule has 0 aliphatic carbocycles. The summed E-state index contributed by atoms with van der Waals surface area (Å²) in [5.74, 6) is 0. The molecule has 5 nitrogen and oxygen atoms in total. The smallest absolute Gasteiger partial charge is 0.353 e. The van der Waals surface area contributed by atoms with Gasteiger partial charge < -0.3 is 10.7 Å². The molecule has 3 rings (SSSR count). The fourth-order valence-corrected chi connectivity index (χ4v) is 2.68. The molecule has 0 unspecified atom stereocenters. The van der Waals surface area contributed by atoms with Gasteiger partial charge in [0.05, 0.1) is 16.9 Å². The second-order valence-corrected chi connectivity index (χ2v) is 6.21. The maximum atomic E-state index is 13.0. The molecule has 1 aromatic heterocycles. The topological polar surface area (TPSA) is 70.8 Å². The summed E-state index contributed by atoms with van der Waals surface area (Å²) in [6.45, 7) is 1.88. The summed E-state index contributed by atoms with van der Waals surface area (Å²) >= 11 is 0. The molecule has 8 heteroatoms. The van der Waals surface area contributed by atoms with Gasteiger partial charge in [0.2, 0.25) is 5.43 Å². The van der Waals surface area contributed by atoms with Crippen LogP contribution in [0.5, 0.6) is 0 Å². The Labute approximate surface area is 164 Å². The van der Waals surface area contributed by atoms with Crippen molar-refractivity contribution < 1.29 is 13.2 Å². The lowest BCUT2D eigenvalue weighted by atomic mass is 10.1. The number of nitrogens with zero attached hydrogens (tertiary/aromatic N) is 2. The van der Waals surface area contributed by atoms with E-state index in [2.05, 4.69) is 10.4 Å². The molecule has 0 saturated carbocycles. The zero-order valence-electron chi connectivity index (χ0n) is 15.4. The van der Waals surface area contributed by atoms with Gasteiger partial charge in [-0.25, -0.2) is 4.68 Å². The first-order chi connectivity index (χ1) is 13.8. The van der Waals surface area contributed by atoms with E-state index in [4.69, 9.17) is 5.41 Å². The highest BCUT2D eigenvalue weighted by Gasteiger charge is 2.30. The summed E-state index contributed by atoms with van der Waals surface area (Å²) in [7, 11) is 0.